The molecule has 8 heteroatoms. The van der Waals surface area contributed by atoms with E-state index in [1.165, 1.54) is 4.90 Å². The second-order valence-electron chi connectivity index (χ2n) is 7.61. The molecular formula is C20H31NO7. The number of aliphatic hydroxyl groups is 1. The normalized spacial score (nSPS) is 19.9. The van der Waals surface area contributed by atoms with Crippen LogP contribution in [0.1, 0.15) is 39.2 Å². The number of carbonyl (C=O) groups excluding carboxylic acids is 1. The number of piperidine rings is 1. The minimum Gasteiger partial charge on any atom is -0.493 e. The Kier molecular flexibility index (Phi) is 7.37. The van der Waals surface area contributed by atoms with Crippen LogP contribution in [0.4, 0.5) is 4.79 Å². The predicted molar refractivity (Wildman–Crippen MR) is 103 cm³/mol. The Balaban J connectivity index is 2.06. The maximum Gasteiger partial charge on any atom is 0.412 e. The van der Waals surface area contributed by atoms with E-state index in [9.17, 15) is 9.90 Å². The highest BCUT2D eigenvalue weighted by Gasteiger charge is 2.36. The lowest BCUT2D eigenvalue weighted by molar-refractivity contribution is -0.134. The number of aliphatic hydroxyl groups excluding tert-OH is 1. The van der Waals surface area contributed by atoms with Crippen molar-refractivity contribution in [2.75, 3.05) is 27.9 Å². The van der Waals surface area contributed by atoms with Crippen molar-refractivity contribution in [3.8, 4) is 17.2 Å². The molecule has 2 rings (SSSR count). The van der Waals surface area contributed by atoms with Crippen LogP contribution in [0.15, 0.2) is 12.1 Å². The van der Waals surface area contributed by atoms with Crippen LogP contribution in [0.2, 0.25) is 0 Å². The van der Waals surface area contributed by atoms with Gasteiger partial charge in [-0.05, 0) is 51.3 Å². The van der Waals surface area contributed by atoms with Gasteiger partial charge in [0.2, 0.25) is 5.75 Å². The van der Waals surface area contributed by atoms with Crippen molar-refractivity contribution in [2.24, 2.45) is 0 Å². The molecule has 2 atom stereocenters. The van der Waals surface area contributed by atoms with Crippen molar-refractivity contribution in [2.45, 2.75) is 58.2 Å². The lowest BCUT2D eigenvalue weighted by Crippen LogP contribution is -2.53. The van der Waals surface area contributed by atoms with Gasteiger partial charge in [0.15, 0.2) is 17.7 Å². The van der Waals surface area contributed by atoms with Crippen LogP contribution >= 0.6 is 0 Å². The van der Waals surface area contributed by atoms with E-state index >= 15 is 0 Å². The van der Waals surface area contributed by atoms with E-state index in [1.54, 1.807) is 54.2 Å². The van der Waals surface area contributed by atoms with Crippen LogP contribution in [-0.4, -0.2) is 61.9 Å². The van der Waals surface area contributed by atoms with E-state index in [1.807, 2.05) is 0 Å². The summed E-state index contributed by atoms with van der Waals surface area (Å²) in [4.78, 5) is 13.6. The average molecular weight is 397 g/mol. The Morgan fingerprint density at radius 2 is 1.75 bits per heavy atom. The molecule has 0 spiro atoms. The molecule has 0 radical (unpaired) electrons. The Morgan fingerprint density at radius 3 is 2.25 bits per heavy atom. The van der Waals surface area contributed by atoms with Crippen LogP contribution < -0.4 is 14.2 Å². The molecule has 0 aliphatic carbocycles. The molecule has 1 N–H and O–H groups in total. The van der Waals surface area contributed by atoms with Gasteiger partial charge in [0.1, 0.15) is 11.7 Å². The average Bonchev–Trinajstić information content (AvgIpc) is 2.64. The molecule has 1 aromatic rings. The molecule has 0 aromatic heterocycles. The molecular weight excluding hydrogens is 366 g/mol. The van der Waals surface area contributed by atoms with Gasteiger partial charge in [-0.3, -0.25) is 4.90 Å². The summed E-state index contributed by atoms with van der Waals surface area (Å²) in [7, 11) is 4.64. The first kappa shape index (κ1) is 22.1. The Hall–Kier alpha value is -2.19. The molecule has 1 aliphatic heterocycles. The van der Waals surface area contributed by atoms with Gasteiger partial charge in [0.25, 0.3) is 0 Å². The van der Waals surface area contributed by atoms with Crippen LogP contribution in [-0.2, 0) is 16.1 Å². The maximum atomic E-state index is 12.3. The van der Waals surface area contributed by atoms with Gasteiger partial charge in [0, 0.05) is 6.54 Å². The zero-order chi connectivity index (χ0) is 20.9. The summed E-state index contributed by atoms with van der Waals surface area (Å²) in [5.41, 5.74) is 0.178. The molecule has 1 heterocycles. The molecule has 28 heavy (non-hydrogen) atoms. The highest BCUT2D eigenvalue weighted by atomic mass is 16.6. The summed E-state index contributed by atoms with van der Waals surface area (Å²) in [6, 6.07) is 3.59. The summed E-state index contributed by atoms with van der Waals surface area (Å²) < 4.78 is 27.3. The number of benzene rings is 1. The minimum atomic E-state index is -1.06. The predicted octanol–water partition coefficient (Wildman–Crippen LogP) is 2.95. The van der Waals surface area contributed by atoms with Crippen molar-refractivity contribution in [3.05, 3.63) is 17.7 Å². The van der Waals surface area contributed by atoms with Crippen molar-refractivity contribution in [1.29, 1.82) is 0 Å². The molecule has 1 amide bonds. The molecule has 1 aliphatic rings. The smallest absolute Gasteiger partial charge is 0.412 e. The third-order valence-corrected chi connectivity index (χ3v) is 4.36. The van der Waals surface area contributed by atoms with Gasteiger partial charge in [-0.15, -0.1) is 0 Å². The van der Waals surface area contributed by atoms with E-state index < -0.39 is 24.0 Å². The van der Waals surface area contributed by atoms with Gasteiger partial charge in [0.05, 0.1) is 27.9 Å². The molecule has 0 bridgehead atoms. The first-order chi connectivity index (χ1) is 13.2. The molecule has 1 saturated heterocycles. The lowest BCUT2D eigenvalue weighted by atomic mass is 10.1. The first-order valence-electron chi connectivity index (χ1n) is 9.28. The fourth-order valence-electron chi connectivity index (χ4n) is 3.06. The number of likely N-dealkylation sites (tertiary alicyclic amines) is 1. The van der Waals surface area contributed by atoms with E-state index in [2.05, 4.69) is 0 Å². The summed E-state index contributed by atoms with van der Waals surface area (Å²) in [6.45, 7) is 6.03. The van der Waals surface area contributed by atoms with E-state index in [0.717, 1.165) is 12.0 Å². The Morgan fingerprint density at radius 1 is 1.14 bits per heavy atom. The number of rotatable bonds is 6. The molecule has 2 unspecified atom stereocenters. The van der Waals surface area contributed by atoms with Crippen LogP contribution in [0.3, 0.4) is 0 Å². The van der Waals surface area contributed by atoms with Crippen molar-refractivity contribution in [1.82, 2.24) is 4.90 Å². The third kappa shape index (κ3) is 5.42. The summed E-state index contributed by atoms with van der Waals surface area (Å²) in [5, 5.41) is 10.6. The topological polar surface area (TPSA) is 86.7 Å². The highest BCUT2D eigenvalue weighted by Crippen LogP contribution is 2.38. The summed E-state index contributed by atoms with van der Waals surface area (Å²) in [5.74, 6) is 1.56. The molecule has 0 saturated carbocycles. The van der Waals surface area contributed by atoms with Gasteiger partial charge < -0.3 is 28.8 Å². The quantitative estimate of drug-likeness (QED) is 0.790. The first-order valence-corrected chi connectivity index (χ1v) is 9.28. The van der Waals surface area contributed by atoms with Crippen molar-refractivity contribution in [3.63, 3.8) is 0 Å². The standard InChI is InChI=1S/C20H31NO7/c1-20(2,3)28-19(23)21-9-7-8-14(18(21)22)27-12-13-10-15(24-4)17(26-6)16(11-13)25-5/h10-11,14,18,22H,7-9,12H2,1-6H3. The van der Waals surface area contributed by atoms with E-state index in [0.29, 0.717) is 30.2 Å². The fraction of sp³-hybridized carbons (Fsp3) is 0.650. The Labute approximate surface area is 166 Å². The van der Waals surface area contributed by atoms with E-state index in [4.69, 9.17) is 23.7 Å². The van der Waals surface area contributed by atoms with E-state index in [-0.39, 0.29) is 6.61 Å². The number of methoxy groups -OCH3 is 3. The third-order valence-electron chi connectivity index (χ3n) is 4.36. The van der Waals surface area contributed by atoms with Crippen molar-refractivity contribution < 1.29 is 33.6 Å². The second kappa shape index (κ2) is 9.34. The zero-order valence-corrected chi connectivity index (χ0v) is 17.5. The zero-order valence-electron chi connectivity index (χ0n) is 17.5. The maximum absolute atomic E-state index is 12.3. The number of hydrogen-bond donors (Lipinski definition) is 1. The monoisotopic (exact) mass is 397 g/mol. The SMILES string of the molecule is COc1cc(COC2CCCN(C(=O)OC(C)(C)C)C2O)cc(OC)c1OC. The van der Waals surface area contributed by atoms with Gasteiger partial charge in [-0.1, -0.05) is 0 Å². The summed E-state index contributed by atoms with van der Waals surface area (Å²) >= 11 is 0. The van der Waals surface area contributed by atoms with Gasteiger partial charge >= 0.3 is 6.09 Å². The molecule has 1 fully saturated rings. The number of carbonyl (C=O) groups is 1. The van der Waals surface area contributed by atoms with Crippen LogP contribution in [0.25, 0.3) is 0 Å². The molecule has 1 aromatic carbocycles. The molecule has 8 nitrogen and oxygen atoms in total. The van der Waals surface area contributed by atoms with Crippen molar-refractivity contribution >= 4 is 6.09 Å². The lowest BCUT2D eigenvalue weighted by Gasteiger charge is -2.38. The van der Waals surface area contributed by atoms with Gasteiger partial charge in [-0.25, -0.2) is 4.79 Å². The van der Waals surface area contributed by atoms with Crippen LogP contribution in [0, 0.1) is 0 Å². The van der Waals surface area contributed by atoms with Gasteiger partial charge in [-0.2, -0.15) is 0 Å². The summed E-state index contributed by atoms with van der Waals surface area (Å²) in [6.07, 6.45) is -0.756. The number of amides is 1. The molecule has 158 valence electrons. The Bertz CT molecular complexity index is 646. The largest absolute Gasteiger partial charge is 0.493 e. The number of nitrogens with zero attached hydrogens (tertiary/aromatic N) is 1. The second-order valence-corrected chi connectivity index (χ2v) is 7.61. The minimum absolute atomic E-state index is 0.223. The highest BCUT2D eigenvalue weighted by molar-refractivity contribution is 5.68. The fourth-order valence-corrected chi connectivity index (χ4v) is 3.06. The number of hydrogen-bond acceptors (Lipinski definition) is 7. The van der Waals surface area contributed by atoms with Crippen LogP contribution in [0.5, 0.6) is 17.2 Å². The number of ether oxygens (including phenoxy) is 5.